The van der Waals surface area contributed by atoms with E-state index in [0.29, 0.717) is 5.69 Å². The number of aliphatic hydroxyl groups is 1. The minimum absolute atomic E-state index is 0.205. The Morgan fingerprint density at radius 1 is 1.92 bits per heavy atom. The van der Waals surface area contributed by atoms with Crippen LogP contribution in [0.15, 0.2) is 17.4 Å². The largest absolute Gasteiger partial charge is 0.396 e. The van der Waals surface area contributed by atoms with Gasteiger partial charge in [0.2, 0.25) is 0 Å². The van der Waals surface area contributed by atoms with E-state index in [1.165, 1.54) is 0 Å². The summed E-state index contributed by atoms with van der Waals surface area (Å²) in [5.74, 6) is 0. The third-order valence-electron chi connectivity index (χ3n) is 1.56. The molecule has 1 aromatic heterocycles. The maximum Gasteiger partial charge on any atom is 0.102 e. The molecule has 0 fully saturated rings. The highest BCUT2D eigenvalue weighted by molar-refractivity contribution is 5.06. The molecule has 0 aliphatic rings. The number of aromatic nitrogens is 2. The fourth-order valence-corrected chi connectivity index (χ4v) is 0.963. The van der Waals surface area contributed by atoms with Gasteiger partial charge in [-0.25, -0.2) is 0 Å². The molecule has 0 spiro atoms. The Labute approximate surface area is 69.1 Å². The summed E-state index contributed by atoms with van der Waals surface area (Å²) >= 11 is 0. The molecule has 12 heavy (non-hydrogen) atoms. The highest BCUT2D eigenvalue weighted by atomic mass is 16.3. The molecule has 6 heteroatoms. The van der Waals surface area contributed by atoms with Crippen molar-refractivity contribution in [3.05, 3.63) is 28.4 Å². The van der Waals surface area contributed by atoms with Gasteiger partial charge in [0.05, 0.1) is 6.61 Å². The summed E-state index contributed by atoms with van der Waals surface area (Å²) in [5.41, 5.74) is 8.88. The van der Waals surface area contributed by atoms with Gasteiger partial charge in [0, 0.05) is 23.9 Å². The Morgan fingerprint density at radius 3 is 3.08 bits per heavy atom. The van der Waals surface area contributed by atoms with E-state index in [4.69, 9.17) is 10.6 Å². The molecule has 0 bridgehead atoms. The first-order valence-corrected chi connectivity index (χ1v) is 3.42. The lowest BCUT2D eigenvalue weighted by molar-refractivity contribution is 0.263. The Hall–Kier alpha value is -1.52. The molecule has 0 aromatic carbocycles. The second-order valence-electron chi connectivity index (χ2n) is 2.28. The molecule has 64 valence electrons. The van der Waals surface area contributed by atoms with Crippen molar-refractivity contribution in [1.82, 2.24) is 9.78 Å². The maximum absolute atomic E-state index is 8.85. The number of hydrogen-bond acceptors (Lipinski definition) is 3. The van der Waals surface area contributed by atoms with Crippen molar-refractivity contribution >= 4 is 0 Å². The van der Waals surface area contributed by atoms with Gasteiger partial charge in [-0.1, -0.05) is 5.11 Å². The van der Waals surface area contributed by atoms with Crippen molar-refractivity contribution in [2.45, 2.75) is 6.04 Å². The summed E-state index contributed by atoms with van der Waals surface area (Å²) in [6, 6.07) is 1.16. The number of rotatable bonds is 3. The Bertz CT molecular complexity index is 301. The van der Waals surface area contributed by atoms with Gasteiger partial charge in [-0.3, -0.25) is 4.68 Å². The molecule has 0 saturated heterocycles. The van der Waals surface area contributed by atoms with E-state index in [1.54, 1.807) is 24.0 Å². The van der Waals surface area contributed by atoms with Crippen LogP contribution in [0.25, 0.3) is 10.4 Å². The van der Waals surface area contributed by atoms with Gasteiger partial charge in [0.1, 0.15) is 6.04 Å². The molecule has 1 heterocycles. The Morgan fingerprint density at radius 2 is 2.67 bits per heavy atom. The predicted molar refractivity (Wildman–Crippen MR) is 42.2 cm³/mol. The fourth-order valence-electron chi connectivity index (χ4n) is 0.963. The van der Waals surface area contributed by atoms with E-state index in [2.05, 4.69) is 15.1 Å². The van der Waals surface area contributed by atoms with Crippen LogP contribution in [0.1, 0.15) is 11.7 Å². The van der Waals surface area contributed by atoms with Crippen LogP contribution in [-0.4, -0.2) is 21.5 Å². The van der Waals surface area contributed by atoms with Gasteiger partial charge < -0.3 is 5.11 Å². The second-order valence-corrected chi connectivity index (χ2v) is 2.28. The van der Waals surface area contributed by atoms with E-state index >= 15 is 0 Å². The first-order valence-electron chi connectivity index (χ1n) is 3.42. The summed E-state index contributed by atoms with van der Waals surface area (Å²) < 4.78 is 1.57. The highest BCUT2D eigenvalue weighted by Gasteiger charge is 2.10. The normalized spacial score (nSPS) is 12.2. The molecule has 1 aromatic rings. The topological polar surface area (TPSA) is 86.8 Å². The zero-order valence-electron chi connectivity index (χ0n) is 6.62. The molecule has 0 amide bonds. The molecule has 6 nitrogen and oxygen atoms in total. The van der Waals surface area contributed by atoms with Gasteiger partial charge in [0.15, 0.2) is 0 Å². The first-order chi connectivity index (χ1) is 5.79. The van der Waals surface area contributed by atoms with Gasteiger partial charge >= 0.3 is 0 Å². The third-order valence-corrected chi connectivity index (χ3v) is 1.56. The van der Waals surface area contributed by atoms with Crippen molar-refractivity contribution in [2.24, 2.45) is 12.2 Å². The van der Waals surface area contributed by atoms with Crippen LogP contribution in [0.4, 0.5) is 0 Å². The van der Waals surface area contributed by atoms with Crippen molar-refractivity contribution in [3.63, 3.8) is 0 Å². The number of azide groups is 1. The molecular formula is C6H9N5O. The monoisotopic (exact) mass is 167 g/mol. The smallest absolute Gasteiger partial charge is 0.102 e. The third kappa shape index (κ3) is 1.55. The lowest BCUT2D eigenvalue weighted by atomic mass is 10.2. The van der Waals surface area contributed by atoms with E-state index in [-0.39, 0.29) is 6.61 Å². The summed E-state index contributed by atoms with van der Waals surface area (Å²) in [5, 5.41) is 16.2. The van der Waals surface area contributed by atoms with Gasteiger partial charge in [0.25, 0.3) is 0 Å². The summed E-state index contributed by atoms with van der Waals surface area (Å²) in [7, 11) is 1.73. The molecule has 0 radical (unpaired) electrons. The van der Waals surface area contributed by atoms with Crippen LogP contribution < -0.4 is 0 Å². The van der Waals surface area contributed by atoms with Crippen molar-refractivity contribution in [2.75, 3.05) is 6.61 Å². The molecule has 0 aliphatic heterocycles. The van der Waals surface area contributed by atoms with E-state index in [1.807, 2.05) is 0 Å². The zero-order valence-corrected chi connectivity index (χ0v) is 6.62. The Kier molecular flexibility index (Phi) is 2.68. The standard InChI is InChI=1S/C6H9N5O/c1-11-6(2-3-8-11)5(4-12)9-10-7/h2-3,5,12H,4H2,1H3. The van der Waals surface area contributed by atoms with Crippen molar-refractivity contribution < 1.29 is 5.11 Å². The quantitative estimate of drug-likeness (QED) is 0.409. The van der Waals surface area contributed by atoms with Gasteiger partial charge in [-0.15, -0.1) is 0 Å². The minimum Gasteiger partial charge on any atom is -0.396 e. The summed E-state index contributed by atoms with van der Waals surface area (Å²) in [6.45, 7) is -0.205. The molecule has 1 unspecified atom stereocenters. The molecule has 0 aliphatic carbocycles. The van der Waals surface area contributed by atoms with Crippen molar-refractivity contribution in [3.8, 4) is 0 Å². The minimum atomic E-state index is -0.539. The fraction of sp³-hybridized carbons (Fsp3) is 0.500. The SMILES string of the molecule is Cn1nccc1C(CO)N=[N+]=[N-]. The number of hydrogen-bond donors (Lipinski definition) is 1. The molecular weight excluding hydrogens is 158 g/mol. The lowest BCUT2D eigenvalue weighted by Gasteiger charge is -2.06. The van der Waals surface area contributed by atoms with Gasteiger partial charge in [-0.05, 0) is 11.6 Å². The van der Waals surface area contributed by atoms with E-state index in [0.717, 1.165) is 0 Å². The molecule has 1 atom stereocenters. The van der Waals surface area contributed by atoms with E-state index < -0.39 is 6.04 Å². The van der Waals surface area contributed by atoms with Crippen molar-refractivity contribution in [1.29, 1.82) is 0 Å². The van der Waals surface area contributed by atoms with Crippen LogP contribution in [-0.2, 0) is 7.05 Å². The average molecular weight is 167 g/mol. The first kappa shape index (κ1) is 8.58. The zero-order chi connectivity index (χ0) is 8.97. The van der Waals surface area contributed by atoms with E-state index in [9.17, 15) is 0 Å². The lowest BCUT2D eigenvalue weighted by Crippen LogP contribution is -2.06. The summed E-state index contributed by atoms with van der Waals surface area (Å²) in [4.78, 5) is 2.63. The Balaban J connectivity index is 2.93. The molecule has 1 N–H and O–H groups in total. The van der Waals surface area contributed by atoms with Crippen LogP contribution in [0, 0.1) is 0 Å². The predicted octanol–water partition coefficient (Wildman–Crippen LogP) is 0.764. The number of aliphatic hydroxyl groups excluding tert-OH is 1. The van der Waals surface area contributed by atoms with Crippen LogP contribution in [0.2, 0.25) is 0 Å². The molecule has 0 saturated carbocycles. The van der Waals surface area contributed by atoms with Gasteiger partial charge in [-0.2, -0.15) is 5.10 Å². The van der Waals surface area contributed by atoms with Crippen LogP contribution in [0.5, 0.6) is 0 Å². The van der Waals surface area contributed by atoms with Crippen LogP contribution in [0.3, 0.4) is 0 Å². The number of nitrogens with zero attached hydrogens (tertiary/aromatic N) is 5. The highest BCUT2D eigenvalue weighted by Crippen LogP contribution is 2.14. The maximum atomic E-state index is 8.85. The van der Waals surface area contributed by atoms with Crippen LogP contribution >= 0.6 is 0 Å². The second kappa shape index (κ2) is 3.75. The average Bonchev–Trinajstić information content (AvgIpc) is 2.47. The molecule has 1 rings (SSSR count). The number of aryl methyl sites for hydroxylation is 1. The summed E-state index contributed by atoms with van der Waals surface area (Å²) in [6.07, 6.45) is 1.59.